The second kappa shape index (κ2) is 5.61. The molecule has 4 nitrogen and oxygen atoms in total. The van der Waals surface area contributed by atoms with E-state index in [1.165, 1.54) is 0 Å². The fourth-order valence-electron chi connectivity index (χ4n) is 5.98. The topological polar surface area (TPSA) is 35.1 Å². The molecule has 9 aromatic rings. The summed E-state index contributed by atoms with van der Waals surface area (Å²) in [5, 5.41) is 4.50. The van der Waals surface area contributed by atoms with Crippen molar-refractivity contribution >= 4 is 77.0 Å². The molecule has 4 aromatic heterocycles. The van der Waals surface area contributed by atoms with E-state index < -0.39 is 0 Å². The minimum Gasteiger partial charge on any atom is -0.452 e. The van der Waals surface area contributed by atoms with Gasteiger partial charge in [-0.05, 0) is 36.4 Å². The van der Waals surface area contributed by atoms with Crippen LogP contribution < -0.4 is 0 Å². The summed E-state index contributed by atoms with van der Waals surface area (Å²) < 4.78 is 18.1. The summed E-state index contributed by atoms with van der Waals surface area (Å²) in [6.45, 7) is 0. The van der Waals surface area contributed by atoms with Gasteiger partial charge in [0.25, 0.3) is 0 Å². The van der Waals surface area contributed by atoms with Gasteiger partial charge in [-0.25, -0.2) is 0 Å². The summed E-state index contributed by atoms with van der Waals surface area (Å²) in [6.07, 6.45) is 0. The largest absolute Gasteiger partial charge is 0.452 e. The molecule has 0 aliphatic carbocycles. The first-order valence-electron chi connectivity index (χ1n) is 11.5. The molecule has 0 radical (unpaired) electrons. The van der Waals surface area contributed by atoms with E-state index in [0.717, 1.165) is 77.0 Å². The molecule has 0 atom stereocenters. The molecular weight excluding hydrogens is 420 g/mol. The van der Waals surface area contributed by atoms with Gasteiger partial charge in [-0.3, -0.25) is 0 Å². The van der Waals surface area contributed by atoms with E-state index in [1.54, 1.807) is 0 Å². The first-order valence-corrected chi connectivity index (χ1v) is 11.5. The van der Waals surface area contributed by atoms with Crippen LogP contribution in [0.4, 0.5) is 0 Å². The summed E-state index contributed by atoms with van der Waals surface area (Å²) in [7, 11) is 0. The Morgan fingerprint density at radius 2 is 0.794 bits per heavy atom. The quantitative estimate of drug-likeness (QED) is 0.224. The van der Waals surface area contributed by atoms with Gasteiger partial charge in [0.15, 0.2) is 22.3 Å². The van der Waals surface area contributed by atoms with Crippen molar-refractivity contribution in [2.75, 3.05) is 0 Å². The number of fused-ring (bicyclic) bond motifs is 12. The van der Waals surface area contributed by atoms with E-state index in [1.807, 2.05) is 12.1 Å². The molecule has 4 heterocycles. The van der Waals surface area contributed by atoms with Crippen molar-refractivity contribution in [1.82, 2.24) is 8.80 Å². The van der Waals surface area contributed by atoms with Crippen LogP contribution in [0.2, 0.25) is 0 Å². The van der Waals surface area contributed by atoms with Crippen LogP contribution in [0.25, 0.3) is 77.0 Å². The third kappa shape index (κ3) is 1.77. The lowest BCUT2D eigenvalue weighted by molar-refractivity contribution is 0.653. The molecule has 158 valence electrons. The van der Waals surface area contributed by atoms with Crippen molar-refractivity contribution in [1.29, 1.82) is 0 Å². The van der Waals surface area contributed by atoms with Gasteiger partial charge in [0.1, 0.15) is 11.0 Å². The van der Waals surface area contributed by atoms with Crippen molar-refractivity contribution in [3.8, 4) is 0 Å². The second-order valence-corrected chi connectivity index (χ2v) is 8.95. The standard InChI is InChI=1S/C30H16N2O2/c1-3-11-19-17(9-1)25-27-30(34-23-15-7-5-13-21(23)31(19)27)26-18-10-2-4-12-20(18)32-22-14-6-8-16-24(22)33-29(25)28(26)32/h1-16H. The normalized spacial score (nSPS) is 12.7. The number of para-hydroxylation sites is 6. The summed E-state index contributed by atoms with van der Waals surface area (Å²) >= 11 is 0. The molecule has 34 heavy (non-hydrogen) atoms. The molecule has 0 saturated carbocycles. The molecule has 0 unspecified atom stereocenters. The van der Waals surface area contributed by atoms with E-state index in [2.05, 4.69) is 93.7 Å². The molecule has 5 aromatic carbocycles. The van der Waals surface area contributed by atoms with Gasteiger partial charge < -0.3 is 17.6 Å². The molecule has 0 aliphatic rings. The highest BCUT2D eigenvalue weighted by Crippen LogP contribution is 2.47. The van der Waals surface area contributed by atoms with Gasteiger partial charge in [0, 0.05) is 10.8 Å². The maximum Gasteiger partial charge on any atom is 0.162 e. The Hall–Kier alpha value is -4.70. The number of nitrogens with zero attached hydrogens (tertiary/aromatic N) is 2. The molecule has 0 amide bonds. The van der Waals surface area contributed by atoms with Crippen molar-refractivity contribution in [2.24, 2.45) is 0 Å². The van der Waals surface area contributed by atoms with Crippen LogP contribution in [0.1, 0.15) is 0 Å². The summed E-state index contributed by atoms with van der Waals surface area (Å²) in [4.78, 5) is 0. The zero-order chi connectivity index (χ0) is 22.0. The van der Waals surface area contributed by atoms with Crippen LogP contribution in [-0.4, -0.2) is 8.80 Å². The predicted octanol–water partition coefficient (Wildman–Crippen LogP) is 8.30. The van der Waals surface area contributed by atoms with E-state index in [9.17, 15) is 0 Å². The first kappa shape index (κ1) is 16.9. The lowest BCUT2D eigenvalue weighted by Crippen LogP contribution is -1.93. The Morgan fingerprint density at radius 1 is 0.412 bits per heavy atom. The zero-order valence-electron chi connectivity index (χ0n) is 17.9. The number of aromatic nitrogens is 2. The highest BCUT2D eigenvalue weighted by Gasteiger charge is 2.26. The lowest BCUT2D eigenvalue weighted by Gasteiger charge is -2.11. The molecule has 0 fully saturated rings. The number of hydrogen-bond donors (Lipinski definition) is 0. The van der Waals surface area contributed by atoms with E-state index >= 15 is 0 Å². The Labute approximate surface area is 191 Å². The van der Waals surface area contributed by atoms with Gasteiger partial charge in [-0.2, -0.15) is 0 Å². The Balaban J connectivity index is 1.80. The summed E-state index contributed by atoms with van der Waals surface area (Å²) in [5.41, 5.74) is 10.0. The molecule has 0 N–H and O–H groups in total. The monoisotopic (exact) mass is 436 g/mol. The smallest absolute Gasteiger partial charge is 0.162 e. The number of rotatable bonds is 0. The highest BCUT2D eigenvalue weighted by atomic mass is 16.3. The van der Waals surface area contributed by atoms with Crippen LogP contribution >= 0.6 is 0 Å². The number of benzene rings is 5. The summed E-state index contributed by atoms with van der Waals surface area (Å²) in [5.74, 6) is 0. The average molecular weight is 436 g/mol. The zero-order valence-corrected chi connectivity index (χ0v) is 17.9. The predicted molar refractivity (Wildman–Crippen MR) is 138 cm³/mol. The number of hydrogen-bond acceptors (Lipinski definition) is 2. The fourth-order valence-corrected chi connectivity index (χ4v) is 5.98. The molecule has 0 bridgehead atoms. The van der Waals surface area contributed by atoms with Crippen molar-refractivity contribution in [3.05, 3.63) is 97.1 Å². The maximum absolute atomic E-state index is 6.74. The lowest BCUT2D eigenvalue weighted by atomic mass is 10.1. The van der Waals surface area contributed by atoms with Gasteiger partial charge in [0.05, 0.1) is 32.8 Å². The van der Waals surface area contributed by atoms with Crippen LogP contribution in [0.3, 0.4) is 0 Å². The first-order chi connectivity index (χ1) is 16.9. The molecule has 0 aliphatic heterocycles. The average Bonchev–Trinajstić information content (AvgIpc) is 3.43. The molecule has 0 saturated heterocycles. The van der Waals surface area contributed by atoms with E-state index in [4.69, 9.17) is 8.83 Å². The molecule has 0 spiro atoms. The Bertz CT molecular complexity index is 2120. The van der Waals surface area contributed by atoms with E-state index in [0.29, 0.717) is 0 Å². The third-order valence-corrected chi connectivity index (χ3v) is 7.27. The molecule has 9 rings (SSSR count). The van der Waals surface area contributed by atoms with Gasteiger partial charge >= 0.3 is 0 Å². The minimum absolute atomic E-state index is 0.863. The van der Waals surface area contributed by atoms with Crippen molar-refractivity contribution in [2.45, 2.75) is 0 Å². The van der Waals surface area contributed by atoms with Crippen LogP contribution in [0.5, 0.6) is 0 Å². The Kier molecular flexibility index (Phi) is 2.78. The third-order valence-electron chi connectivity index (χ3n) is 7.27. The van der Waals surface area contributed by atoms with E-state index in [-0.39, 0.29) is 0 Å². The van der Waals surface area contributed by atoms with Crippen LogP contribution in [-0.2, 0) is 0 Å². The second-order valence-electron chi connectivity index (χ2n) is 8.95. The van der Waals surface area contributed by atoms with Gasteiger partial charge in [-0.15, -0.1) is 0 Å². The van der Waals surface area contributed by atoms with Gasteiger partial charge in [-0.1, -0.05) is 60.7 Å². The highest BCUT2D eigenvalue weighted by molar-refractivity contribution is 6.34. The van der Waals surface area contributed by atoms with Crippen LogP contribution in [0.15, 0.2) is 106 Å². The van der Waals surface area contributed by atoms with Crippen molar-refractivity contribution in [3.63, 3.8) is 0 Å². The molecular formula is C30H16N2O2. The van der Waals surface area contributed by atoms with Crippen molar-refractivity contribution < 1.29 is 8.83 Å². The van der Waals surface area contributed by atoms with Gasteiger partial charge in [0.2, 0.25) is 0 Å². The maximum atomic E-state index is 6.74. The molecule has 4 heteroatoms. The van der Waals surface area contributed by atoms with Crippen LogP contribution in [0, 0.1) is 0 Å². The summed E-state index contributed by atoms with van der Waals surface area (Å²) in [6, 6.07) is 33.7. The minimum atomic E-state index is 0.863. The fraction of sp³-hybridized carbons (Fsp3) is 0. The SMILES string of the molecule is c1ccc2c(c1)oc1c3c4ccccc4n4c5ccccc5oc(c5c6ccccc6n2c15)c34. The Morgan fingerprint density at radius 3 is 1.26 bits per heavy atom.